The predicted molar refractivity (Wildman–Crippen MR) is 196 cm³/mol. The van der Waals surface area contributed by atoms with E-state index < -0.39 is 6.04 Å². The zero-order valence-corrected chi connectivity index (χ0v) is 30.5. The molecule has 3 saturated carbocycles. The van der Waals surface area contributed by atoms with Crippen LogP contribution in [0.3, 0.4) is 0 Å². The van der Waals surface area contributed by atoms with Gasteiger partial charge in [-0.05, 0) is 134 Å². The molecule has 2 heterocycles. The van der Waals surface area contributed by atoms with E-state index in [1.807, 2.05) is 26.0 Å². The predicted octanol–water partition coefficient (Wildman–Crippen LogP) is 9.06. The highest BCUT2D eigenvalue weighted by atomic mass is 79.9. The number of amides is 2. The van der Waals surface area contributed by atoms with Crippen LogP contribution in [0.15, 0.2) is 58.4 Å². The highest BCUT2D eigenvalue weighted by molar-refractivity contribution is 9.10. The second kappa shape index (κ2) is 16.1. The number of hydrogen-bond donors (Lipinski definition) is 1. The maximum absolute atomic E-state index is 13.9. The summed E-state index contributed by atoms with van der Waals surface area (Å²) in [7, 11) is 0. The minimum atomic E-state index is -0.647. The van der Waals surface area contributed by atoms with Gasteiger partial charge in [-0.25, -0.2) is 4.98 Å². The number of hydrazone groups is 1. The molecule has 4 aliphatic rings. The van der Waals surface area contributed by atoms with Crippen LogP contribution in [0, 0.1) is 42.4 Å². The number of aromatic nitrogens is 1. The third-order valence-corrected chi connectivity index (χ3v) is 12.3. The highest BCUT2D eigenvalue weighted by Gasteiger charge is 2.44. The van der Waals surface area contributed by atoms with Crippen LogP contribution < -0.4 is 5.32 Å². The van der Waals surface area contributed by atoms with Crippen molar-refractivity contribution < 1.29 is 9.59 Å². The van der Waals surface area contributed by atoms with Crippen molar-refractivity contribution in [1.82, 2.24) is 14.9 Å². The van der Waals surface area contributed by atoms with E-state index in [4.69, 9.17) is 0 Å². The minimum absolute atomic E-state index is 0.0447. The van der Waals surface area contributed by atoms with Gasteiger partial charge in [0.25, 0.3) is 0 Å². The second-order valence-corrected chi connectivity index (χ2v) is 16.0. The lowest BCUT2D eigenvalue weighted by molar-refractivity contribution is -0.138. The number of hydrogen-bond acceptors (Lipinski definition) is 5. The van der Waals surface area contributed by atoms with E-state index in [0.29, 0.717) is 28.5 Å². The Labute approximate surface area is 291 Å². The van der Waals surface area contributed by atoms with Crippen molar-refractivity contribution in [2.45, 2.75) is 116 Å². The van der Waals surface area contributed by atoms with Crippen LogP contribution in [0.5, 0.6) is 0 Å². The number of pyridine rings is 1. The number of nitrogens with zero attached hydrogens (tertiary/aromatic N) is 4. The van der Waals surface area contributed by atoms with Crippen LogP contribution in [0.4, 0.5) is 5.82 Å². The van der Waals surface area contributed by atoms with Gasteiger partial charge in [0.2, 0.25) is 11.8 Å². The summed E-state index contributed by atoms with van der Waals surface area (Å²) in [5, 5.41) is 8.69. The van der Waals surface area contributed by atoms with Gasteiger partial charge < -0.3 is 10.2 Å². The summed E-state index contributed by atoms with van der Waals surface area (Å²) in [5.74, 6) is 4.50. The smallest absolute Gasteiger partial charge is 0.248 e. The quantitative estimate of drug-likeness (QED) is 0.0730. The van der Waals surface area contributed by atoms with E-state index in [1.165, 1.54) is 82.6 Å². The summed E-state index contributed by atoms with van der Waals surface area (Å²) in [6.07, 6.45) is 21.2. The van der Waals surface area contributed by atoms with Gasteiger partial charge in [-0.2, -0.15) is 5.10 Å². The van der Waals surface area contributed by atoms with E-state index in [-0.39, 0.29) is 30.3 Å². The Bertz CT molecular complexity index is 1350. The SMILES string of the molecule is C=C[C@@H]1[C@@H](C)C[C@@H](C(=O)Nc2nc(Br)ccc2C)N1C(=O)CN(N=C)C(=C)/C=C(\C)C1CCC(CC2CCC(CC3CCC3)C2)CC1. The number of carbonyl (C=O) groups excluding carboxylic acids is 2. The van der Waals surface area contributed by atoms with Crippen molar-refractivity contribution in [2.24, 2.45) is 40.6 Å². The largest absolute Gasteiger partial charge is 0.322 e. The lowest BCUT2D eigenvalue weighted by atomic mass is 9.75. The number of likely N-dealkylation sites (tertiary alicyclic amines) is 1. The maximum Gasteiger partial charge on any atom is 0.248 e. The summed E-state index contributed by atoms with van der Waals surface area (Å²) in [6, 6.07) is 2.81. The van der Waals surface area contributed by atoms with E-state index in [1.54, 1.807) is 16.0 Å². The molecule has 3 aliphatic carbocycles. The number of anilines is 1. The molecule has 5 rings (SSSR count). The first-order valence-electron chi connectivity index (χ1n) is 18.0. The number of halogens is 1. The lowest BCUT2D eigenvalue weighted by Gasteiger charge is -2.32. The van der Waals surface area contributed by atoms with Crippen molar-refractivity contribution in [1.29, 1.82) is 0 Å². The molecule has 7 nitrogen and oxygen atoms in total. The molecule has 0 radical (unpaired) electrons. The average molecular weight is 707 g/mol. The summed E-state index contributed by atoms with van der Waals surface area (Å²) in [5.41, 5.74) is 2.79. The molecule has 1 N–H and O–H groups in total. The van der Waals surface area contributed by atoms with Gasteiger partial charge >= 0.3 is 0 Å². The van der Waals surface area contributed by atoms with Crippen molar-refractivity contribution >= 4 is 40.3 Å². The highest BCUT2D eigenvalue weighted by Crippen LogP contribution is 2.45. The third kappa shape index (κ3) is 8.84. The molecule has 1 aliphatic heterocycles. The summed E-state index contributed by atoms with van der Waals surface area (Å²) in [6.45, 7) is 18.1. The number of allylic oxidation sites excluding steroid dienone is 2. The number of nitrogens with one attached hydrogen (secondary N) is 1. The number of aryl methyl sites for hydroxylation is 1. The Morgan fingerprint density at radius 2 is 1.68 bits per heavy atom. The molecule has 0 bridgehead atoms. The van der Waals surface area contributed by atoms with E-state index >= 15 is 0 Å². The fourth-order valence-corrected chi connectivity index (χ4v) is 9.19. The normalized spacial score (nSPS) is 29.7. The van der Waals surface area contributed by atoms with Crippen LogP contribution in [0.1, 0.15) is 103 Å². The molecule has 0 aromatic carbocycles. The fourth-order valence-electron chi connectivity index (χ4n) is 8.88. The van der Waals surface area contributed by atoms with Crippen LogP contribution in [0.2, 0.25) is 0 Å². The molecule has 2 unspecified atom stereocenters. The van der Waals surface area contributed by atoms with Crippen LogP contribution in [0.25, 0.3) is 0 Å². The van der Waals surface area contributed by atoms with Crippen molar-refractivity contribution in [3.63, 3.8) is 0 Å². The summed E-state index contributed by atoms with van der Waals surface area (Å²) >= 11 is 3.38. The van der Waals surface area contributed by atoms with E-state index in [0.717, 1.165) is 29.2 Å². The van der Waals surface area contributed by atoms with Crippen molar-refractivity contribution in [3.8, 4) is 0 Å². The monoisotopic (exact) mass is 705 g/mol. The maximum atomic E-state index is 13.9. The molecular formula is C39H56BrN5O2. The molecular weight excluding hydrogens is 650 g/mol. The van der Waals surface area contributed by atoms with E-state index in [2.05, 4.69) is 64.2 Å². The molecule has 0 spiro atoms. The third-order valence-electron chi connectivity index (χ3n) is 11.9. The first-order chi connectivity index (χ1) is 22.6. The molecule has 47 heavy (non-hydrogen) atoms. The summed E-state index contributed by atoms with van der Waals surface area (Å²) < 4.78 is 0.633. The summed E-state index contributed by atoms with van der Waals surface area (Å²) in [4.78, 5) is 33.5. The molecule has 2 amide bonds. The van der Waals surface area contributed by atoms with Gasteiger partial charge in [-0.15, -0.1) is 6.58 Å². The van der Waals surface area contributed by atoms with Gasteiger partial charge in [0.1, 0.15) is 23.0 Å². The van der Waals surface area contributed by atoms with Crippen molar-refractivity contribution in [3.05, 3.63) is 58.9 Å². The lowest BCUT2D eigenvalue weighted by Crippen LogP contribution is -2.49. The van der Waals surface area contributed by atoms with Crippen LogP contribution in [-0.4, -0.2) is 52.1 Å². The average Bonchev–Trinajstić information content (AvgIpc) is 3.62. The Kier molecular flexibility index (Phi) is 12.2. The van der Waals surface area contributed by atoms with E-state index in [9.17, 15) is 9.59 Å². The van der Waals surface area contributed by atoms with Gasteiger partial charge in [0, 0.05) is 6.72 Å². The Morgan fingerprint density at radius 3 is 2.28 bits per heavy atom. The molecule has 256 valence electrons. The molecule has 8 heteroatoms. The minimum Gasteiger partial charge on any atom is -0.322 e. The first kappa shape index (κ1) is 35.6. The fraction of sp³-hybridized carbons (Fsp3) is 0.641. The second-order valence-electron chi connectivity index (χ2n) is 15.2. The van der Waals surface area contributed by atoms with Gasteiger partial charge in [0.05, 0.1) is 11.7 Å². The van der Waals surface area contributed by atoms with Crippen LogP contribution in [-0.2, 0) is 9.59 Å². The Balaban J connectivity index is 1.14. The van der Waals surface area contributed by atoms with Gasteiger partial charge in [-0.1, -0.05) is 63.3 Å². The topological polar surface area (TPSA) is 77.9 Å². The van der Waals surface area contributed by atoms with Gasteiger partial charge in [-0.3, -0.25) is 14.6 Å². The molecule has 4 fully saturated rings. The number of carbonyl (C=O) groups is 2. The molecule has 5 atom stereocenters. The van der Waals surface area contributed by atoms with Gasteiger partial charge in [0.15, 0.2) is 0 Å². The Morgan fingerprint density at radius 1 is 1.04 bits per heavy atom. The standard InChI is InChI=1S/C39H56BrN5O2/c1-7-34-27(4)20-35(39(47)43-38-25(2)11-18-36(40)42-38)45(34)37(46)24-44(41-6)28(5)19-26(3)33-16-14-30(15-17-33)22-32-13-12-31(23-32)21-29-9-8-10-29/h7,11,18-19,27,29-35H,1,5-6,8-10,12-17,20-24H2,2-4H3,(H,42,43,47)/b26-19+/t27-,30?,31?,32?,33?,34+,35-/m0/s1. The zero-order valence-electron chi connectivity index (χ0n) is 28.9. The Hall–Kier alpha value is -2.74. The molecule has 1 aromatic heterocycles. The zero-order chi connectivity index (χ0) is 33.7. The first-order valence-corrected chi connectivity index (χ1v) is 18.8. The molecule has 1 saturated heterocycles. The van der Waals surface area contributed by atoms with Crippen molar-refractivity contribution in [2.75, 3.05) is 11.9 Å². The molecule has 1 aromatic rings. The number of rotatable bonds is 13. The van der Waals surface area contributed by atoms with Crippen LogP contribution >= 0.6 is 15.9 Å².